The molecule has 0 saturated carbocycles. The van der Waals surface area contributed by atoms with E-state index in [4.69, 9.17) is 16.7 Å². The van der Waals surface area contributed by atoms with E-state index in [0.29, 0.717) is 5.15 Å². The van der Waals surface area contributed by atoms with Crippen LogP contribution in [0.15, 0.2) is 12.4 Å². The van der Waals surface area contributed by atoms with Crippen LogP contribution in [-0.2, 0) is 0 Å². The molecule has 2 N–H and O–H groups in total. The average Bonchev–Trinajstić information content (AvgIpc) is 2.15. The van der Waals surface area contributed by atoms with Gasteiger partial charge in [0.1, 0.15) is 17.3 Å². The molecule has 0 radical (unpaired) electrons. The summed E-state index contributed by atoms with van der Waals surface area (Å²) in [6, 6.07) is 1.95. The van der Waals surface area contributed by atoms with E-state index in [0.717, 1.165) is 18.7 Å². The molecule has 78 valence electrons. The van der Waals surface area contributed by atoms with E-state index >= 15 is 0 Å². The summed E-state index contributed by atoms with van der Waals surface area (Å²) in [7, 11) is 0. The summed E-state index contributed by atoms with van der Waals surface area (Å²) in [5, 5.41) is 12.2. The maximum atomic E-state index is 8.65. The number of anilines is 1. The Morgan fingerprint density at radius 1 is 1.57 bits per heavy atom. The number of rotatable bonds is 5. The number of aliphatic hydroxyl groups is 1. The van der Waals surface area contributed by atoms with Gasteiger partial charge in [-0.1, -0.05) is 11.6 Å². The minimum absolute atomic E-state index is 0.219. The van der Waals surface area contributed by atoms with Gasteiger partial charge in [0, 0.05) is 18.7 Å². The molecule has 0 spiro atoms. The second-order valence-corrected chi connectivity index (χ2v) is 3.52. The first-order valence-electron chi connectivity index (χ1n) is 4.57. The monoisotopic (exact) mass is 215 g/mol. The van der Waals surface area contributed by atoms with Crippen molar-refractivity contribution in [3.8, 4) is 0 Å². The van der Waals surface area contributed by atoms with Crippen molar-refractivity contribution in [2.24, 2.45) is 0 Å². The van der Waals surface area contributed by atoms with Crippen LogP contribution in [0.2, 0.25) is 5.15 Å². The Morgan fingerprint density at radius 2 is 2.36 bits per heavy atom. The molecule has 1 rings (SSSR count). The zero-order valence-corrected chi connectivity index (χ0v) is 8.83. The highest BCUT2D eigenvalue weighted by molar-refractivity contribution is 6.29. The summed E-state index contributed by atoms with van der Waals surface area (Å²) in [5.74, 6) is 0.718. The molecular weight excluding hydrogens is 202 g/mol. The van der Waals surface area contributed by atoms with Gasteiger partial charge in [-0.15, -0.1) is 0 Å². The van der Waals surface area contributed by atoms with Crippen molar-refractivity contribution in [1.82, 2.24) is 9.97 Å². The first-order valence-corrected chi connectivity index (χ1v) is 4.95. The fourth-order valence-corrected chi connectivity index (χ4v) is 1.28. The van der Waals surface area contributed by atoms with Crippen LogP contribution in [-0.4, -0.2) is 27.7 Å². The quantitative estimate of drug-likeness (QED) is 0.735. The van der Waals surface area contributed by atoms with Crippen molar-refractivity contribution in [1.29, 1.82) is 0 Å². The third-order valence-corrected chi connectivity index (χ3v) is 2.03. The molecule has 0 aliphatic heterocycles. The van der Waals surface area contributed by atoms with Crippen LogP contribution in [0.25, 0.3) is 0 Å². The third-order valence-electron chi connectivity index (χ3n) is 1.82. The van der Waals surface area contributed by atoms with E-state index in [1.54, 1.807) is 6.07 Å². The molecule has 0 bridgehead atoms. The number of hydrogen-bond donors (Lipinski definition) is 2. The van der Waals surface area contributed by atoms with Crippen LogP contribution < -0.4 is 5.32 Å². The van der Waals surface area contributed by atoms with E-state index in [2.05, 4.69) is 15.3 Å². The number of aromatic nitrogens is 2. The molecule has 1 unspecified atom stereocenters. The molecule has 1 atom stereocenters. The molecule has 0 aromatic carbocycles. The lowest BCUT2D eigenvalue weighted by atomic mass is 10.2. The zero-order chi connectivity index (χ0) is 10.4. The van der Waals surface area contributed by atoms with Crippen molar-refractivity contribution in [2.45, 2.75) is 25.8 Å². The van der Waals surface area contributed by atoms with Crippen molar-refractivity contribution in [3.05, 3.63) is 17.5 Å². The van der Waals surface area contributed by atoms with Gasteiger partial charge in [-0.25, -0.2) is 9.97 Å². The topological polar surface area (TPSA) is 58.0 Å². The van der Waals surface area contributed by atoms with Gasteiger partial charge >= 0.3 is 0 Å². The maximum Gasteiger partial charge on any atom is 0.134 e. The minimum Gasteiger partial charge on any atom is -0.396 e. The largest absolute Gasteiger partial charge is 0.396 e. The van der Waals surface area contributed by atoms with Crippen LogP contribution in [0.1, 0.15) is 19.8 Å². The summed E-state index contributed by atoms with van der Waals surface area (Å²) < 4.78 is 0. The first-order chi connectivity index (χ1) is 6.72. The number of hydrogen-bond acceptors (Lipinski definition) is 4. The van der Waals surface area contributed by atoms with Gasteiger partial charge in [0.15, 0.2) is 0 Å². The highest BCUT2D eigenvalue weighted by Gasteiger charge is 2.02. The molecule has 1 heterocycles. The van der Waals surface area contributed by atoms with Crippen LogP contribution in [0.3, 0.4) is 0 Å². The summed E-state index contributed by atoms with van der Waals surface area (Å²) in [4.78, 5) is 7.80. The second kappa shape index (κ2) is 5.78. The van der Waals surface area contributed by atoms with Gasteiger partial charge in [-0.05, 0) is 19.8 Å². The molecular formula is C9H14ClN3O. The SMILES string of the molecule is CC(CCCO)Nc1cc(Cl)ncn1. The number of nitrogens with one attached hydrogen (secondary N) is 1. The normalized spacial score (nSPS) is 12.5. The Bertz CT molecular complexity index is 283. The fraction of sp³-hybridized carbons (Fsp3) is 0.556. The molecule has 1 aromatic rings. The molecule has 0 aliphatic carbocycles. The van der Waals surface area contributed by atoms with Crippen molar-refractivity contribution < 1.29 is 5.11 Å². The van der Waals surface area contributed by atoms with Crippen molar-refractivity contribution in [2.75, 3.05) is 11.9 Å². The van der Waals surface area contributed by atoms with Gasteiger partial charge in [-0.2, -0.15) is 0 Å². The summed E-state index contributed by atoms with van der Waals surface area (Å²) in [6.07, 6.45) is 3.11. The molecule has 0 amide bonds. The zero-order valence-electron chi connectivity index (χ0n) is 8.07. The lowest BCUT2D eigenvalue weighted by Gasteiger charge is -2.13. The van der Waals surface area contributed by atoms with Crippen LogP contribution in [0.5, 0.6) is 0 Å². The van der Waals surface area contributed by atoms with Crippen molar-refractivity contribution in [3.63, 3.8) is 0 Å². The molecule has 1 aromatic heterocycles. The molecule has 5 heteroatoms. The van der Waals surface area contributed by atoms with Crippen molar-refractivity contribution >= 4 is 17.4 Å². The molecule has 0 saturated heterocycles. The van der Waals surface area contributed by atoms with E-state index < -0.39 is 0 Å². The molecule has 14 heavy (non-hydrogen) atoms. The smallest absolute Gasteiger partial charge is 0.134 e. The summed E-state index contributed by atoms with van der Waals surface area (Å²) >= 11 is 5.70. The Balaban J connectivity index is 2.43. The Hall–Kier alpha value is -0.870. The standard InChI is InChI=1S/C9H14ClN3O/c1-7(3-2-4-14)13-9-5-8(10)11-6-12-9/h5-7,14H,2-4H2,1H3,(H,11,12,13). The maximum absolute atomic E-state index is 8.65. The predicted octanol–water partition coefficient (Wildman–Crippen LogP) is 1.70. The number of halogens is 1. The minimum atomic E-state index is 0.219. The number of aliphatic hydroxyl groups excluding tert-OH is 1. The lowest BCUT2D eigenvalue weighted by Crippen LogP contribution is -2.16. The molecule has 0 fully saturated rings. The van der Waals surface area contributed by atoms with Gasteiger partial charge in [0.2, 0.25) is 0 Å². The predicted molar refractivity (Wildman–Crippen MR) is 56.4 cm³/mol. The van der Waals surface area contributed by atoms with E-state index in [-0.39, 0.29) is 12.6 Å². The molecule has 4 nitrogen and oxygen atoms in total. The summed E-state index contributed by atoms with van der Waals surface area (Å²) in [6.45, 7) is 2.25. The van der Waals surface area contributed by atoms with E-state index in [1.165, 1.54) is 6.33 Å². The second-order valence-electron chi connectivity index (χ2n) is 3.14. The first kappa shape index (κ1) is 11.2. The fourth-order valence-electron chi connectivity index (χ4n) is 1.13. The van der Waals surface area contributed by atoms with Gasteiger partial charge in [0.05, 0.1) is 0 Å². The van der Waals surface area contributed by atoms with Crippen LogP contribution in [0.4, 0.5) is 5.82 Å². The molecule has 0 aliphatic rings. The Morgan fingerprint density at radius 3 is 3.00 bits per heavy atom. The summed E-state index contributed by atoms with van der Waals surface area (Å²) in [5.41, 5.74) is 0. The Labute approximate surface area is 88.3 Å². The Kier molecular flexibility index (Phi) is 4.62. The highest BCUT2D eigenvalue weighted by atomic mass is 35.5. The number of nitrogens with zero attached hydrogens (tertiary/aromatic N) is 2. The van der Waals surface area contributed by atoms with E-state index in [1.807, 2.05) is 6.92 Å². The van der Waals surface area contributed by atoms with Crippen LogP contribution >= 0.6 is 11.6 Å². The van der Waals surface area contributed by atoms with E-state index in [9.17, 15) is 0 Å². The third kappa shape index (κ3) is 3.89. The lowest BCUT2D eigenvalue weighted by molar-refractivity contribution is 0.282. The van der Waals surface area contributed by atoms with Crippen LogP contribution in [0, 0.1) is 0 Å². The highest BCUT2D eigenvalue weighted by Crippen LogP contribution is 2.11. The average molecular weight is 216 g/mol. The van der Waals surface area contributed by atoms with Gasteiger partial charge < -0.3 is 10.4 Å². The van der Waals surface area contributed by atoms with Gasteiger partial charge in [-0.3, -0.25) is 0 Å². The van der Waals surface area contributed by atoms with Gasteiger partial charge in [0.25, 0.3) is 0 Å².